The van der Waals surface area contributed by atoms with E-state index < -0.39 is 15.8 Å². The largest absolute Gasteiger partial charge is 0.495 e. The van der Waals surface area contributed by atoms with Gasteiger partial charge in [0.1, 0.15) is 5.75 Å². The lowest BCUT2D eigenvalue weighted by molar-refractivity contribution is 0.415. The molecule has 1 aromatic carbocycles. The average molecular weight is 438 g/mol. The molecule has 0 saturated heterocycles. The third kappa shape index (κ3) is 5.76. The molecule has 0 radical (unpaired) electrons. The highest BCUT2D eigenvalue weighted by Crippen LogP contribution is 2.29. The zero-order valence-electron chi connectivity index (χ0n) is 15.2. The van der Waals surface area contributed by atoms with Crippen LogP contribution >= 0.6 is 11.6 Å². The molecule has 29 heavy (non-hydrogen) atoms. The van der Waals surface area contributed by atoms with E-state index >= 15 is 0 Å². The summed E-state index contributed by atoms with van der Waals surface area (Å²) in [6.45, 7) is 0. The molecule has 152 valence electrons. The molecule has 4 N–H and O–H groups in total. The number of methoxy groups -OCH3 is 1. The molecule has 0 spiro atoms. The second kappa shape index (κ2) is 8.60. The van der Waals surface area contributed by atoms with Crippen molar-refractivity contribution in [1.82, 2.24) is 9.97 Å². The SMILES string of the molecule is COc1cc(Nc2nc(NC3=C/C(=C/S(N)(=O)=O)CC=C3)ncc2F)ccc1Cl. The molecule has 1 aliphatic rings. The van der Waals surface area contributed by atoms with Crippen LogP contribution in [-0.2, 0) is 10.0 Å². The van der Waals surface area contributed by atoms with Gasteiger partial charge in [0.15, 0.2) is 11.6 Å². The Morgan fingerprint density at radius 3 is 2.86 bits per heavy atom. The normalized spacial score (nSPS) is 15.2. The third-order valence-electron chi connectivity index (χ3n) is 3.72. The summed E-state index contributed by atoms with van der Waals surface area (Å²) in [6, 6.07) is 4.86. The van der Waals surface area contributed by atoms with Gasteiger partial charge in [0.05, 0.1) is 18.3 Å². The number of benzene rings is 1. The zero-order valence-corrected chi connectivity index (χ0v) is 16.8. The standard InChI is InChI=1S/C18H17ClFN5O3S/c1-28-16-8-13(5-6-14(16)19)23-17-15(20)9-22-18(25-17)24-12-4-2-3-11(7-12)10-29(21,26)27/h2,4-10H,3H2,1H3,(H2,21,26,27)(H2,22,23,24,25)/b11-10+. The Morgan fingerprint density at radius 2 is 2.14 bits per heavy atom. The van der Waals surface area contributed by atoms with Gasteiger partial charge in [-0.05, 0) is 36.3 Å². The highest BCUT2D eigenvalue weighted by atomic mass is 35.5. The second-order valence-corrected chi connectivity index (χ2v) is 7.80. The first-order chi connectivity index (χ1) is 13.7. The average Bonchev–Trinajstić information content (AvgIpc) is 2.65. The Bertz CT molecular complexity index is 1130. The molecule has 0 fully saturated rings. The molecule has 0 saturated carbocycles. The van der Waals surface area contributed by atoms with Crippen LogP contribution in [0.25, 0.3) is 0 Å². The lowest BCUT2D eigenvalue weighted by atomic mass is 10.1. The van der Waals surface area contributed by atoms with Crippen LogP contribution in [0.4, 0.5) is 21.8 Å². The van der Waals surface area contributed by atoms with Crippen molar-refractivity contribution >= 4 is 39.1 Å². The van der Waals surface area contributed by atoms with Gasteiger partial charge in [0, 0.05) is 22.9 Å². The number of primary sulfonamides is 1. The van der Waals surface area contributed by atoms with Gasteiger partial charge in [-0.15, -0.1) is 0 Å². The number of halogens is 2. The summed E-state index contributed by atoms with van der Waals surface area (Å²) < 4.78 is 41.7. The molecule has 1 aromatic heterocycles. The maximum Gasteiger partial charge on any atom is 0.231 e. The number of nitrogens with one attached hydrogen (secondary N) is 2. The molecule has 0 bridgehead atoms. The van der Waals surface area contributed by atoms with E-state index in [2.05, 4.69) is 20.6 Å². The van der Waals surface area contributed by atoms with Crippen molar-refractivity contribution in [1.29, 1.82) is 0 Å². The molecule has 0 atom stereocenters. The molecule has 1 aliphatic carbocycles. The predicted octanol–water partition coefficient (Wildman–Crippen LogP) is 3.45. The van der Waals surface area contributed by atoms with Gasteiger partial charge in [-0.25, -0.2) is 22.9 Å². The number of sulfonamides is 1. The van der Waals surface area contributed by atoms with Gasteiger partial charge >= 0.3 is 0 Å². The first-order valence-electron chi connectivity index (χ1n) is 8.25. The minimum atomic E-state index is -3.75. The first-order valence-corrected chi connectivity index (χ1v) is 10.2. The molecule has 11 heteroatoms. The van der Waals surface area contributed by atoms with Gasteiger partial charge in [-0.1, -0.05) is 17.7 Å². The minimum absolute atomic E-state index is 0.0624. The molecule has 2 aromatic rings. The van der Waals surface area contributed by atoms with E-state index in [1.165, 1.54) is 7.11 Å². The summed E-state index contributed by atoms with van der Waals surface area (Å²) in [5, 5.41) is 12.2. The number of allylic oxidation sites excluding steroid dienone is 4. The van der Waals surface area contributed by atoms with Crippen LogP contribution < -0.4 is 20.5 Å². The fraction of sp³-hybridized carbons (Fsp3) is 0.111. The lowest BCUT2D eigenvalue weighted by Crippen LogP contribution is -2.10. The molecule has 3 rings (SSSR count). The Hall–Kier alpha value is -2.95. The van der Waals surface area contributed by atoms with E-state index in [1.54, 1.807) is 36.4 Å². The minimum Gasteiger partial charge on any atom is -0.495 e. The van der Waals surface area contributed by atoms with Gasteiger partial charge < -0.3 is 15.4 Å². The summed E-state index contributed by atoms with van der Waals surface area (Å²) in [5.74, 6) is -0.182. The van der Waals surface area contributed by atoms with Crippen LogP contribution in [0.1, 0.15) is 6.42 Å². The van der Waals surface area contributed by atoms with Gasteiger partial charge in [-0.2, -0.15) is 4.98 Å². The van der Waals surface area contributed by atoms with E-state index in [1.807, 2.05) is 0 Å². The third-order valence-corrected chi connectivity index (χ3v) is 4.67. The van der Waals surface area contributed by atoms with Crippen LogP contribution in [-0.4, -0.2) is 25.5 Å². The van der Waals surface area contributed by atoms with Crippen LogP contribution in [0.5, 0.6) is 5.75 Å². The van der Waals surface area contributed by atoms with E-state index in [0.29, 0.717) is 34.2 Å². The lowest BCUT2D eigenvalue weighted by Gasteiger charge is -2.13. The van der Waals surface area contributed by atoms with E-state index in [9.17, 15) is 12.8 Å². The van der Waals surface area contributed by atoms with Crippen LogP contribution in [0.2, 0.25) is 5.02 Å². The highest BCUT2D eigenvalue weighted by molar-refractivity contribution is 7.92. The summed E-state index contributed by atoms with van der Waals surface area (Å²) in [6.07, 6.45) is 6.50. The fourth-order valence-corrected chi connectivity index (χ4v) is 3.30. The molecular weight excluding hydrogens is 421 g/mol. The Labute approximate surface area is 172 Å². The summed E-state index contributed by atoms with van der Waals surface area (Å²) in [4.78, 5) is 8.02. The Kier molecular flexibility index (Phi) is 6.16. The number of hydrogen-bond donors (Lipinski definition) is 3. The van der Waals surface area contributed by atoms with Crippen molar-refractivity contribution in [2.24, 2.45) is 5.14 Å². The first kappa shape index (κ1) is 20.8. The number of rotatable bonds is 6. The molecule has 0 amide bonds. The monoisotopic (exact) mass is 437 g/mol. The van der Waals surface area contributed by atoms with Crippen molar-refractivity contribution < 1.29 is 17.5 Å². The fourth-order valence-electron chi connectivity index (χ4n) is 2.52. The smallest absolute Gasteiger partial charge is 0.231 e. The van der Waals surface area contributed by atoms with E-state index in [-0.39, 0.29) is 11.8 Å². The van der Waals surface area contributed by atoms with Gasteiger partial charge in [0.25, 0.3) is 0 Å². The Morgan fingerprint density at radius 1 is 1.34 bits per heavy atom. The second-order valence-electron chi connectivity index (χ2n) is 5.98. The van der Waals surface area contributed by atoms with Crippen molar-refractivity contribution in [3.8, 4) is 5.75 Å². The number of ether oxygens (including phenoxy) is 1. The van der Waals surface area contributed by atoms with Crippen LogP contribution in [0.3, 0.4) is 0 Å². The summed E-state index contributed by atoms with van der Waals surface area (Å²) in [5.41, 5.74) is 1.54. The molecule has 0 aliphatic heterocycles. The van der Waals surface area contributed by atoms with E-state index in [0.717, 1.165) is 11.6 Å². The van der Waals surface area contributed by atoms with Crippen molar-refractivity contribution in [2.75, 3.05) is 17.7 Å². The Balaban J connectivity index is 1.82. The quantitative estimate of drug-likeness (QED) is 0.633. The molecule has 1 heterocycles. The van der Waals surface area contributed by atoms with Crippen LogP contribution in [0, 0.1) is 5.82 Å². The number of hydrogen-bond acceptors (Lipinski definition) is 7. The number of nitrogens with zero attached hydrogens (tertiary/aromatic N) is 2. The predicted molar refractivity (Wildman–Crippen MR) is 110 cm³/mol. The summed E-state index contributed by atoms with van der Waals surface area (Å²) >= 11 is 5.99. The number of nitrogens with two attached hydrogens (primary N) is 1. The van der Waals surface area contributed by atoms with Crippen molar-refractivity contribution in [3.05, 3.63) is 70.1 Å². The molecule has 0 unspecified atom stereocenters. The molecular formula is C18H17ClFN5O3S. The zero-order chi connectivity index (χ0) is 21.0. The maximum absolute atomic E-state index is 14.2. The number of aromatic nitrogens is 2. The maximum atomic E-state index is 14.2. The summed E-state index contributed by atoms with van der Waals surface area (Å²) in [7, 11) is -2.28. The van der Waals surface area contributed by atoms with Gasteiger partial charge in [0.2, 0.25) is 16.0 Å². The highest BCUT2D eigenvalue weighted by Gasteiger charge is 2.11. The van der Waals surface area contributed by atoms with Gasteiger partial charge in [-0.3, -0.25) is 0 Å². The molecule has 8 nitrogen and oxygen atoms in total. The van der Waals surface area contributed by atoms with Crippen LogP contribution in [0.15, 0.2) is 59.3 Å². The van der Waals surface area contributed by atoms with E-state index in [4.69, 9.17) is 21.5 Å². The topological polar surface area (TPSA) is 119 Å². The number of anilines is 3. The van der Waals surface area contributed by atoms with Crippen molar-refractivity contribution in [3.63, 3.8) is 0 Å². The van der Waals surface area contributed by atoms with Crippen molar-refractivity contribution in [2.45, 2.75) is 6.42 Å².